The molecule has 1 aliphatic heterocycles. The molecule has 1 amide bonds. The van der Waals surface area contributed by atoms with Crippen molar-refractivity contribution in [3.63, 3.8) is 0 Å². The number of nitrogens with zero attached hydrogens (tertiary/aromatic N) is 2. The van der Waals surface area contributed by atoms with Gasteiger partial charge in [0, 0.05) is 48.2 Å². The molecule has 4 nitrogen and oxygen atoms in total. The fourth-order valence-corrected chi connectivity index (χ4v) is 3.40. The van der Waals surface area contributed by atoms with Gasteiger partial charge in [-0.15, -0.1) is 0 Å². The third-order valence-corrected chi connectivity index (χ3v) is 4.63. The van der Waals surface area contributed by atoms with Crippen molar-refractivity contribution < 1.29 is 4.79 Å². The monoisotopic (exact) mass is 403 g/mol. The maximum Gasteiger partial charge on any atom is 0.252 e. The van der Waals surface area contributed by atoms with Crippen molar-refractivity contribution in [2.75, 3.05) is 46.3 Å². The van der Waals surface area contributed by atoms with Crippen LogP contribution in [0.2, 0.25) is 0 Å². The molecule has 0 aromatic heterocycles. The van der Waals surface area contributed by atoms with Gasteiger partial charge >= 0.3 is 0 Å². The number of likely N-dealkylation sites (N-methyl/N-ethyl adjacent to an activating group) is 1. The van der Waals surface area contributed by atoms with Crippen molar-refractivity contribution in [2.24, 2.45) is 0 Å². The first-order chi connectivity index (χ1) is 9.56. The van der Waals surface area contributed by atoms with E-state index in [0.717, 1.165) is 41.7 Å². The number of halogens is 2. The van der Waals surface area contributed by atoms with Gasteiger partial charge in [0.15, 0.2) is 0 Å². The van der Waals surface area contributed by atoms with Crippen LogP contribution < -0.4 is 5.32 Å². The van der Waals surface area contributed by atoms with Crippen molar-refractivity contribution >= 4 is 37.8 Å². The normalized spacial score (nSPS) is 17.1. The summed E-state index contributed by atoms with van der Waals surface area (Å²) in [5, 5.41) is 2.98. The van der Waals surface area contributed by atoms with E-state index in [1.165, 1.54) is 0 Å². The fourth-order valence-electron chi connectivity index (χ4n) is 2.17. The molecule has 1 N–H and O–H groups in total. The number of nitrogens with one attached hydrogen (secondary N) is 1. The Morgan fingerprint density at radius 1 is 1.25 bits per heavy atom. The summed E-state index contributed by atoms with van der Waals surface area (Å²) in [7, 11) is 2.14. The lowest BCUT2D eigenvalue weighted by atomic mass is 10.2. The van der Waals surface area contributed by atoms with Crippen LogP contribution in [0.25, 0.3) is 0 Å². The Labute approximate surface area is 136 Å². The van der Waals surface area contributed by atoms with Gasteiger partial charge in [-0.3, -0.25) is 9.69 Å². The third-order valence-electron chi connectivity index (χ3n) is 3.49. The quantitative estimate of drug-likeness (QED) is 0.835. The van der Waals surface area contributed by atoms with E-state index in [2.05, 4.69) is 54.0 Å². The van der Waals surface area contributed by atoms with Crippen LogP contribution in [0.3, 0.4) is 0 Å². The molecule has 0 saturated carbocycles. The predicted octanol–water partition coefficient (Wildman–Crippen LogP) is 2.19. The molecule has 0 spiro atoms. The molecule has 0 atom stereocenters. The molecule has 20 heavy (non-hydrogen) atoms. The van der Waals surface area contributed by atoms with Gasteiger partial charge in [-0.2, -0.15) is 0 Å². The number of hydrogen-bond donors (Lipinski definition) is 1. The molecule has 110 valence electrons. The van der Waals surface area contributed by atoms with E-state index in [-0.39, 0.29) is 5.91 Å². The summed E-state index contributed by atoms with van der Waals surface area (Å²) in [6, 6.07) is 5.58. The van der Waals surface area contributed by atoms with Gasteiger partial charge in [0.1, 0.15) is 0 Å². The number of benzene rings is 1. The van der Waals surface area contributed by atoms with Gasteiger partial charge in [-0.1, -0.05) is 15.9 Å². The lowest BCUT2D eigenvalue weighted by Gasteiger charge is -2.32. The van der Waals surface area contributed by atoms with Gasteiger partial charge < -0.3 is 10.2 Å². The van der Waals surface area contributed by atoms with Crippen molar-refractivity contribution in [1.29, 1.82) is 0 Å². The maximum absolute atomic E-state index is 12.1. The Morgan fingerprint density at radius 3 is 2.60 bits per heavy atom. The van der Waals surface area contributed by atoms with E-state index < -0.39 is 0 Å². The molecule has 6 heteroatoms. The first kappa shape index (κ1) is 15.9. The minimum atomic E-state index is -0.0292. The van der Waals surface area contributed by atoms with Crippen LogP contribution in [0.1, 0.15) is 10.4 Å². The van der Waals surface area contributed by atoms with Gasteiger partial charge in [0.2, 0.25) is 0 Å². The Hall–Kier alpha value is -0.430. The third kappa shape index (κ3) is 4.55. The molecule has 0 aliphatic carbocycles. The number of hydrogen-bond acceptors (Lipinski definition) is 3. The van der Waals surface area contributed by atoms with Crippen LogP contribution in [-0.2, 0) is 0 Å². The van der Waals surface area contributed by atoms with E-state index in [9.17, 15) is 4.79 Å². The van der Waals surface area contributed by atoms with Crippen molar-refractivity contribution in [3.05, 3.63) is 32.7 Å². The number of carbonyl (C=O) groups excluding carboxylic acids is 1. The SMILES string of the molecule is CN1CCN(CCNC(=O)c2ccc(Br)cc2Br)CC1. The van der Waals surface area contributed by atoms with Gasteiger partial charge in [-0.25, -0.2) is 0 Å². The zero-order valence-electron chi connectivity index (χ0n) is 11.5. The summed E-state index contributed by atoms with van der Waals surface area (Å²) in [6.45, 7) is 5.96. The van der Waals surface area contributed by atoms with E-state index >= 15 is 0 Å². The first-order valence-corrected chi connectivity index (χ1v) is 8.29. The molecule has 0 bridgehead atoms. The van der Waals surface area contributed by atoms with Crippen LogP contribution in [0.4, 0.5) is 0 Å². The average Bonchev–Trinajstić information content (AvgIpc) is 2.41. The highest BCUT2D eigenvalue weighted by Crippen LogP contribution is 2.21. The zero-order valence-corrected chi connectivity index (χ0v) is 14.7. The van der Waals surface area contributed by atoms with Crippen LogP contribution in [0.15, 0.2) is 27.1 Å². The summed E-state index contributed by atoms with van der Waals surface area (Å²) >= 11 is 6.80. The lowest BCUT2D eigenvalue weighted by Crippen LogP contribution is -2.46. The zero-order chi connectivity index (χ0) is 14.5. The maximum atomic E-state index is 12.1. The molecule has 0 radical (unpaired) electrons. The smallest absolute Gasteiger partial charge is 0.252 e. The second-order valence-corrected chi connectivity index (χ2v) is 6.79. The molecule has 1 aliphatic rings. The van der Waals surface area contributed by atoms with Crippen molar-refractivity contribution in [1.82, 2.24) is 15.1 Å². The van der Waals surface area contributed by atoms with Crippen LogP contribution in [0.5, 0.6) is 0 Å². The van der Waals surface area contributed by atoms with Gasteiger partial charge in [0.05, 0.1) is 5.56 Å². The summed E-state index contributed by atoms with van der Waals surface area (Å²) in [4.78, 5) is 16.8. The van der Waals surface area contributed by atoms with Gasteiger partial charge in [0.25, 0.3) is 5.91 Å². The fraction of sp³-hybridized carbons (Fsp3) is 0.500. The minimum Gasteiger partial charge on any atom is -0.351 e. The summed E-state index contributed by atoms with van der Waals surface area (Å²) in [5.74, 6) is -0.0292. The predicted molar refractivity (Wildman–Crippen MR) is 88.1 cm³/mol. The number of piperazine rings is 1. The topological polar surface area (TPSA) is 35.6 Å². The Kier molecular flexibility index (Phi) is 6.01. The van der Waals surface area contributed by atoms with Crippen LogP contribution in [0, 0.1) is 0 Å². The molecule has 1 heterocycles. The standard InChI is InChI=1S/C14H19Br2N3O/c1-18-6-8-19(9-7-18)5-4-17-14(20)12-3-2-11(15)10-13(12)16/h2-3,10H,4-9H2,1H3,(H,17,20). The van der Waals surface area contributed by atoms with E-state index in [1.807, 2.05) is 18.2 Å². The minimum absolute atomic E-state index is 0.0292. The van der Waals surface area contributed by atoms with Crippen molar-refractivity contribution in [3.8, 4) is 0 Å². The summed E-state index contributed by atoms with van der Waals surface area (Å²) < 4.78 is 1.77. The molecule has 1 aromatic carbocycles. The molecular weight excluding hydrogens is 386 g/mol. The Bertz CT molecular complexity index is 473. The largest absolute Gasteiger partial charge is 0.351 e. The van der Waals surface area contributed by atoms with Crippen LogP contribution in [-0.4, -0.2) is 62.0 Å². The Balaban J connectivity index is 1.77. The van der Waals surface area contributed by atoms with Crippen LogP contribution >= 0.6 is 31.9 Å². The molecule has 1 aromatic rings. The molecule has 1 fully saturated rings. The van der Waals surface area contributed by atoms with Gasteiger partial charge in [-0.05, 0) is 41.2 Å². The second kappa shape index (κ2) is 7.54. The highest BCUT2D eigenvalue weighted by atomic mass is 79.9. The highest BCUT2D eigenvalue weighted by Gasteiger charge is 2.14. The van der Waals surface area contributed by atoms with E-state index in [0.29, 0.717) is 12.1 Å². The Morgan fingerprint density at radius 2 is 1.95 bits per heavy atom. The summed E-state index contributed by atoms with van der Waals surface area (Å²) in [5.41, 5.74) is 0.673. The van der Waals surface area contributed by atoms with E-state index in [1.54, 1.807) is 0 Å². The second-order valence-electron chi connectivity index (χ2n) is 5.02. The van der Waals surface area contributed by atoms with Crippen molar-refractivity contribution in [2.45, 2.75) is 0 Å². The number of amides is 1. The molecule has 1 saturated heterocycles. The number of rotatable bonds is 4. The first-order valence-electron chi connectivity index (χ1n) is 6.70. The van der Waals surface area contributed by atoms with E-state index in [4.69, 9.17) is 0 Å². The molecule has 2 rings (SSSR count). The molecular formula is C14H19Br2N3O. The number of carbonyl (C=O) groups is 1. The lowest BCUT2D eigenvalue weighted by molar-refractivity contribution is 0.0940. The highest BCUT2D eigenvalue weighted by molar-refractivity contribution is 9.11. The average molecular weight is 405 g/mol. The molecule has 0 unspecified atom stereocenters. The summed E-state index contributed by atoms with van der Waals surface area (Å²) in [6.07, 6.45) is 0.